The minimum atomic E-state index is 0.0688. The second kappa shape index (κ2) is 6.10. The van der Waals surface area contributed by atoms with Crippen molar-refractivity contribution in [3.05, 3.63) is 41.3 Å². The van der Waals surface area contributed by atoms with Gasteiger partial charge in [0.05, 0.1) is 25.0 Å². The van der Waals surface area contributed by atoms with E-state index < -0.39 is 0 Å². The molecule has 0 unspecified atom stereocenters. The van der Waals surface area contributed by atoms with Crippen molar-refractivity contribution in [3.8, 4) is 0 Å². The average Bonchev–Trinajstić information content (AvgIpc) is 3.05. The molecule has 2 aliphatic heterocycles. The second-order valence-electron chi connectivity index (χ2n) is 5.86. The number of hydrogen-bond donors (Lipinski definition) is 2. The summed E-state index contributed by atoms with van der Waals surface area (Å²) in [5.41, 5.74) is 8.94. The number of ether oxygens (including phenoxy) is 2. The van der Waals surface area contributed by atoms with Crippen molar-refractivity contribution in [2.75, 3.05) is 17.7 Å². The molecule has 7 heteroatoms. The van der Waals surface area contributed by atoms with Gasteiger partial charge in [0.15, 0.2) is 0 Å². The van der Waals surface area contributed by atoms with Gasteiger partial charge in [-0.3, -0.25) is 4.98 Å². The molecule has 120 valence electrons. The van der Waals surface area contributed by atoms with Crippen LogP contribution in [0.5, 0.6) is 0 Å². The zero-order valence-electron chi connectivity index (χ0n) is 12.7. The Kier molecular flexibility index (Phi) is 3.80. The molecule has 0 aromatic carbocycles. The molecule has 4 rings (SSSR count). The summed E-state index contributed by atoms with van der Waals surface area (Å²) in [7, 11) is 0. The molecule has 7 nitrogen and oxygen atoms in total. The first-order chi connectivity index (χ1) is 11.3. The van der Waals surface area contributed by atoms with E-state index in [0.717, 1.165) is 29.7 Å². The van der Waals surface area contributed by atoms with Crippen molar-refractivity contribution in [2.24, 2.45) is 0 Å². The third-order valence-corrected chi connectivity index (χ3v) is 4.30. The van der Waals surface area contributed by atoms with Crippen molar-refractivity contribution >= 4 is 11.8 Å². The summed E-state index contributed by atoms with van der Waals surface area (Å²) >= 11 is 0. The van der Waals surface area contributed by atoms with Gasteiger partial charge in [0.25, 0.3) is 0 Å². The van der Waals surface area contributed by atoms with E-state index in [0.29, 0.717) is 31.6 Å². The van der Waals surface area contributed by atoms with Crippen LogP contribution in [0.3, 0.4) is 0 Å². The zero-order chi connectivity index (χ0) is 15.6. The van der Waals surface area contributed by atoms with Crippen molar-refractivity contribution in [2.45, 2.75) is 38.2 Å². The standard InChI is InChI=1S/C16H19N5O2/c17-15-12-8-22-9-13(12)20-16(21-15)19-11-3-6-23-14(7-11)10-1-4-18-5-2-10/h1-2,4-5,11,14H,3,6-9H2,(H3,17,19,20,21)/t11-,14+/m1/s1. The molecule has 2 aromatic heterocycles. The Bertz CT molecular complexity index is 694. The highest BCUT2D eigenvalue weighted by Crippen LogP contribution is 2.30. The maximum Gasteiger partial charge on any atom is 0.225 e. The molecule has 4 heterocycles. The van der Waals surface area contributed by atoms with Gasteiger partial charge in [-0.2, -0.15) is 4.98 Å². The molecule has 1 fully saturated rings. The lowest BCUT2D eigenvalue weighted by Gasteiger charge is -2.30. The van der Waals surface area contributed by atoms with Crippen LogP contribution in [-0.2, 0) is 22.7 Å². The number of rotatable bonds is 3. The van der Waals surface area contributed by atoms with Gasteiger partial charge in [-0.15, -0.1) is 0 Å². The number of nitrogens with zero attached hydrogens (tertiary/aromatic N) is 3. The first-order valence-electron chi connectivity index (χ1n) is 7.80. The summed E-state index contributed by atoms with van der Waals surface area (Å²) in [5.74, 6) is 1.08. The van der Waals surface area contributed by atoms with Crippen LogP contribution in [0.1, 0.15) is 35.8 Å². The van der Waals surface area contributed by atoms with E-state index in [1.165, 1.54) is 0 Å². The van der Waals surface area contributed by atoms with E-state index in [1.54, 1.807) is 12.4 Å². The molecular weight excluding hydrogens is 294 g/mol. The third-order valence-electron chi connectivity index (χ3n) is 4.30. The van der Waals surface area contributed by atoms with E-state index in [9.17, 15) is 0 Å². The van der Waals surface area contributed by atoms with Crippen LogP contribution in [-0.4, -0.2) is 27.6 Å². The Hall–Kier alpha value is -2.25. The Morgan fingerprint density at radius 2 is 2.04 bits per heavy atom. The number of anilines is 2. The van der Waals surface area contributed by atoms with Gasteiger partial charge in [0, 0.05) is 30.6 Å². The lowest BCUT2D eigenvalue weighted by molar-refractivity contribution is 0.00964. The molecule has 0 bridgehead atoms. The topological polar surface area (TPSA) is 95.2 Å². The highest BCUT2D eigenvalue weighted by Gasteiger charge is 2.25. The first kappa shape index (κ1) is 14.3. The van der Waals surface area contributed by atoms with Gasteiger partial charge < -0.3 is 20.5 Å². The molecule has 0 radical (unpaired) electrons. The summed E-state index contributed by atoms with van der Waals surface area (Å²) in [5, 5.41) is 3.40. The summed E-state index contributed by atoms with van der Waals surface area (Å²) in [4.78, 5) is 12.9. The lowest BCUT2D eigenvalue weighted by Crippen LogP contribution is -2.31. The molecule has 1 saturated heterocycles. The van der Waals surface area contributed by atoms with E-state index >= 15 is 0 Å². The van der Waals surface area contributed by atoms with Crippen LogP contribution in [0.25, 0.3) is 0 Å². The van der Waals surface area contributed by atoms with E-state index in [4.69, 9.17) is 15.2 Å². The molecule has 2 atom stereocenters. The molecule has 2 aromatic rings. The summed E-state index contributed by atoms with van der Waals surface area (Å²) in [6.45, 7) is 1.71. The fourth-order valence-electron chi connectivity index (χ4n) is 3.06. The predicted molar refractivity (Wildman–Crippen MR) is 84.5 cm³/mol. The number of nitrogen functional groups attached to an aromatic ring is 1. The van der Waals surface area contributed by atoms with Gasteiger partial charge in [-0.1, -0.05) is 0 Å². The van der Waals surface area contributed by atoms with Crippen LogP contribution in [0.4, 0.5) is 11.8 Å². The monoisotopic (exact) mass is 313 g/mol. The minimum Gasteiger partial charge on any atom is -0.383 e. The molecule has 3 N–H and O–H groups in total. The maximum atomic E-state index is 5.99. The normalized spacial score (nSPS) is 23.5. The quantitative estimate of drug-likeness (QED) is 0.892. The smallest absolute Gasteiger partial charge is 0.225 e. The lowest BCUT2D eigenvalue weighted by atomic mass is 9.98. The molecule has 2 aliphatic rings. The Morgan fingerprint density at radius 3 is 2.91 bits per heavy atom. The Labute approximate surface area is 134 Å². The molecule has 0 amide bonds. The fourth-order valence-corrected chi connectivity index (χ4v) is 3.06. The highest BCUT2D eigenvalue weighted by atomic mass is 16.5. The van der Waals surface area contributed by atoms with Crippen LogP contribution < -0.4 is 11.1 Å². The van der Waals surface area contributed by atoms with Crippen molar-refractivity contribution in [1.29, 1.82) is 0 Å². The minimum absolute atomic E-state index is 0.0688. The second-order valence-corrected chi connectivity index (χ2v) is 5.86. The van der Waals surface area contributed by atoms with Crippen LogP contribution >= 0.6 is 0 Å². The van der Waals surface area contributed by atoms with Gasteiger partial charge in [0.1, 0.15) is 5.82 Å². The number of fused-ring (bicyclic) bond motifs is 1. The summed E-state index contributed by atoms with van der Waals surface area (Å²) < 4.78 is 11.3. The average molecular weight is 313 g/mol. The first-order valence-corrected chi connectivity index (χ1v) is 7.80. The van der Waals surface area contributed by atoms with E-state index in [2.05, 4.69) is 20.3 Å². The molecule has 0 saturated carbocycles. The fraction of sp³-hybridized carbons (Fsp3) is 0.438. The number of pyridine rings is 1. The van der Waals surface area contributed by atoms with E-state index in [1.807, 2.05) is 12.1 Å². The number of hydrogen-bond acceptors (Lipinski definition) is 7. The number of aromatic nitrogens is 3. The van der Waals surface area contributed by atoms with Crippen LogP contribution in [0, 0.1) is 0 Å². The Balaban J connectivity index is 1.48. The van der Waals surface area contributed by atoms with Crippen molar-refractivity contribution < 1.29 is 9.47 Å². The highest BCUT2D eigenvalue weighted by molar-refractivity contribution is 5.48. The maximum absolute atomic E-state index is 5.99. The number of nitrogens with one attached hydrogen (secondary N) is 1. The SMILES string of the molecule is Nc1nc(N[C@@H]2CCO[C@H](c3ccncc3)C2)nc2c1COC2. The Morgan fingerprint density at radius 1 is 1.17 bits per heavy atom. The van der Waals surface area contributed by atoms with Crippen molar-refractivity contribution in [1.82, 2.24) is 15.0 Å². The van der Waals surface area contributed by atoms with Crippen LogP contribution in [0.2, 0.25) is 0 Å². The van der Waals surface area contributed by atoms with Crippen molar-refractivity contribution in [3.63, 3.8) is 0 Å². The molecule has 23 heavy (non-hydrogen) atoms. The van der Waals surface area contributed by atoms with Gasteiger partial charge in [-0.05, 0) is 30.5 Å². The summed E-state index contributed by atoms with van der Waals surface area (Å²) in [6, 6.07) is 4.24. The zero-order valence-corrected chi connectivity index (χ0v) is 12.7. The molecular formula is C16H19N5O2. The third kappa shape index (κ3) is 2.97. The van der Waals surface area contributed by atoms with Gasteiger partial charge in [0.2, 0.25) is 5.95 Å². The van der Waals surface area contributed by atoms with Gasteiger partial charge in [-0.25, -0.2) is 4.98 Å². The predicted octanol–water partition coefficient (Wildman–Crippen LogP) is 1.82. The number of nitrogens with two attached hydrogens (primary N) is 1. The molecule has 0 spiro atoms. The largest absolute Gasteiger partial charge is 0.383 e. The van der Waals surface area contributed by atoms with Gasteiger partial charge >= 0.3 is 0 Å². The van der Waals surface area contributed by atoms with Crippen LogP contribution in [0.15, 0.2) is 24.5 Å². The van der Waals surface area contributed by atoms with E-state index in [-0.39, 0.29) is 12.1 Å². The molecule has 0 aliphatic carbocycles. The summed E-state index contributed by atoms with van der Waals surface area (Å²) in [6.07, 6.45) is 5.43.